The van der Waals surface area contributed by atoms with Gasteiger partial charge in [0.2, 0.25) is 5.91 Å². The molecule has 0 fully saturated rings. The topological polar surface area (TPSA) is 66.9 Å². The number of rotatable bonds is 8. The van der Waals surface area contributed by atoms with Gasteiger partial charge in [-0.3, -0.25) is 19.3 Å². The molecule has 0 spiro atoms. The van der Waals surface area contributed by atoms with E-state index in [1.165, 1.54) is 4.90 Å². The minimum Gasteiger partial charge on any atom is -0.494 e. The maximum Gasteiger partial charge on any atom is 0.262 e. The summed E-state index contributed by atoms with van der Waals surface area (Å²) in [6.45, 7) is 0.804. The van der Waals surface area contributed by atoms with Crippen molar-refractivity contribution in [1.29, 1.82) is 0 Å². The van der Waals surface area contributed by atoms with E-state index in [1.54, 1.807) is 55.6 Å². The van der Waals surface area contributed by atoms with Crippen LogP contribution in [-0.4, -0.2) is 54.3 Å². The summed E-state index contributed by atoms with van der Waals surface area (Å²) in [6, 6.07) is 13.8. The van der Waals surface area contributed by atoms with Crippen LogP contribution >= 0.6 is 11.6 Å². The van der Waals surface area contributed by atoms with Crippen molar-refractivity contribution in [3.05, 3.63) is 64.7 Å². The number of amides is 3. The van der Waals surface area contributed by atoms with E-state index in [4.69, 9.17) is 16.3 Å². The molecule has 0 radical (unpaired) electrons. The van der Waals surface area contributed by atoms with Crippen molar-refractivity contribution in [3.63, 3.8) is 0 Å². The highest BCUT2D eigenvalue weighted by Gasteiger charge is 2.36. The third-order valence-corrected chi connectivity index (χ3v) is 4.82. The maximum atomic E-state index is 12.4. The van der Waals surface area contributed by atoms with Gasteiger partial charge in [0.05, 0.1) is 17.7 Å². The average molecular weight is 401 g/mol. The minimum atomic E-state index is -0.418. The monoisotopic (exact) mass is 400 g/mol. The van der Waals surface area contributed by atoms with E-state index in [1.807, 2.05) is 0 Å². The zero-order chi connectivity index (χ0) is 20.1. The van der Waals surface area contributed by atoms with Crippen LogP contribution in [0, 0.1) is 0 Å². The lowest BCUT2D eigenvalue weighted by Crippen LogP contribution is -2.41. The quantitative estimate of drug-likeness (QED) is 0.504. The van der Waals surface area contributed by atoms with Crippen LogP contribution in [0.15, 0.2) is 48.5 Å². The van der Waals surface area contributed by atoms with Crippen LogP contribution in [0.4, 0.5) is 0 Å². The van der Waals surface area contributed by atoms with E-state index in [9.17, 15) is 14.4 Å². The molecule has 146 valence electrons. The third-order valence-electron chi connectivity index (χ3n) is 4.57. The fourth-order valence-corrected chi connectivity index (χ4v) is 3.06. The van der Waals surface area contributed by atoms with Gasteiger partial charge in [-0.05, 0) is 49.2 Å². The van der Waals surface area contributed by atoms with Gasteiger partial charge in [-0.15, -0.1) is 0 Å². The van der Waals surface area contributed by atoms with Crippen molar-refractivity contribution in [2.24, 2.45) is 0 Å². The molecular weight excluding hydrogens is 380 g/mol. The molecule has 0 unspecified atom stereocenters. The Morgan fingerprint density at radius 3 is 2.21 bits per heavy atom. The molecule has 0 aromatic heterocycles. The normalized spacial score (nSPS) is 12.9. The van der Waals surface area contributed by atoms with E-state index in [0.29, 0.717) is 29.3 Å². The van der Waals surface area contributed by atoms with Gasteiger partial charge in [-0.1, -0.05) is 23.7 Å². The second-order valence-corrected chi connectivity index (χ2v) is 7.00. The fourth-order valence-electron chi connectivity index (χ4n) is 2.94. The Hall–Kier alpha value is -2.86. The zero-order valence-electron chi connectivity index (χ0n) is 15.6. The number of carbonyl (C=O) groups is 3. The second kappa shape index (κ2) is 8.89. The second-order valence-electron chi connectivity index (χ2n) is 6.57. The molecule has 1 aliphatic rings. The van der Waals surface area contributed by atoms with Crippen LogP contribution < -0.4 is 4.74 Å². The molecule has 3 amide bonds. The molecule has 28 heavy (non-hydrogen) atoms. The van der Waals surface area contributed by atoms with Crippen molar-refractivity contribution in [2.75, 3.05) is 26.7 Å². The molecule has 1 heterocycles. The Balaban J connectivity index is 1.41. The summed E-state index contributed by atoms with van der Waals surface area (Å²) in [5.74, 6) is -0.356. The van der Waals surface area contributed by atoms with Crippen molar-refractivity contribution in [1.82, 2.24) is 9.80 Å². The van der Waals surface area contributed by atoms with Gasteiger partial charge in [0, 0.05) is 18.6 Å². The number of halogens is 1. The predicted molar refractivity (Wildman–Crippen MR) is 106 cm³/mol. The molecule has 0 aliphatic carbocycles. The summed E-state index contributed by atoms with van der Waals surface area (Å²) in [5.41, 5.74) is 0.699. The first-order valence-electron chi connectivity index (χ1n) is 9.05. The Labute approximate surface area is 168 Å². The summed E-state index contributed by atoms with van der Waals surface area (Å²) >= 11 is 5.83. The van der Waals surface area contributed by atoms with Crippen LogP contribution in [0.3, 0.4) is 0 Å². The third kappa shape index (κ3) is 4.51. The van der Waals surface area contributed by atoms with Crippen molar-refractivity contribution < 1.29 is 19.1 Å². The lowest BCUT2D eigenvalue weighted by molar-refractivity contribution is -0.130. The summed E-state index contributed by atoms with van der Waals surface area (Å²) in [7, 11) is 1.67. The standard InChI is InChI=1S/C21H21ClN2O4/c1-23(12-4-5-13-28-16-10-8-15(22)9-11-16)19(25)14-24-20(26)17-6-2-3-7-18(17)21(24)27/h2-3,6-11H,4-5,12-14H2,1H3. The molecule has 0 saturated heterocycles. The van der Waals surface area contributed by atoms with Gasteiger partial charge in [-0.25, -0.2) is 0 Å². The molecule has 0 bridgehead atoms. The molecule has 2 aromatic carbocycles. The number of nitrogens with zero attached hydrogens (tertiary/aromatic N) is 2. The van der Waals surface area contributed by atoms with Crippen LogP contribution in [0.1, 0.15) is 33.6 Å². The zero-order valence-corrected chi connectivity index (χ0v) is 16.3. The van der Waals surface area contributed by atoms with Gasteiger partial charge in [-0.2, -0.15) is 0 Å². The highest BCUT2D eigenvalue weighted by Crippen LogP contribution is 2.22. The van der Waals surface area contributed by atoms with Gasteiger partial charge >= 0.3 is 0 Å². The molecule has 7 heteroatoms. The first kappa shape index (κ1) is 19.9. The van der Waals surface area contributed by atoms with Gasteiger partial charge in [0.1, 0.15) is 12.3 Å². The van der Waals surface area contributed by atoms with Crippen molar-refractivity contribution >= 4 is 29.3 Å². The minimum absolute atomic E-state index is 0.246. The Morgan fingerprint density at radius 2 is 1.61 bits per heavy atom. The Bertz CT molecular complexity index is 847. The fraction of sp³-hybridized carbons (Fsp3) is 0.286. The number of ether oxygens (including phenoxy) is 1. The molecular formula is C21H21ClN2O4. The van der Waals surface area contributed by atoms with E-state index in [0.717, 1.165) is 23.5 Å². The lowest BCUT2D eigenvalue weighted by atomic mass is 10.1. The van der Waals surface area contributed by atoms with E-state index < -0.39 is 11.8 Å². The lowest BCUT2D eigenvalue weighted by Gasteiger charge is -2.20. The summed E-state index contributed by atoms with van der Waals surface area (Å²) in [4.78, 5) is 39.6. The number of imide groups is 1. The highest BCUT2D eigenvalue weighted by atomic mass is 35.5. The van der Waals surface area contributed by atoms with E-state index in [-0.39, 0.29) is 12.5 Å². The molecule has 0 N–H and O–H groups in total. The highest BCUT2D eigenvalue weighted by molar-refractivity contribution is 6.30. The smallest absolute Gasteiger partial charge is 0.262 e. The number of fused-ring (bicyclic) bond motifs is 1. The molecule has 2 aromatic rings. The maximum absolute atomic E-state index is 12.4. The summed E-state index contributed by atoms with van der Waals surface area (Å²) < 4.78 is 5.62. The van der Waals surface area contributed by atoms with E-state index >= 15 is 0 Å². The number of hydrogen-bond acceptors (Lipinski definition) is 4. The number of benzene rings is 2. The molecule has 6 nitrogen and oxygen atoms in total. The number of likely N-dealkylation sites (N-methyl/N-ethyl adjacent to an activating group) is 1. The first-order chi connectivity index (χ1) is 13.5. The average Bonchev–Trinajstić information content (AvgIpc) is 2.94. The van der Waals surface area contributed by atoms with Crippen LogP contribution in [-0.2, 0) is 4.79 Å². The molecule has 1 aliphatic heterocycles. The van der Waals surface area contributed by atoms with Crippen molar-refractivity contribution in [3.8, 4) is 5.75 Å². The van der Waals surface area contributed by atoms with Gasteiger partial charge < -0.3 is 9.64 Å². The van der Waals surface area contributed by atoms with Gasteiger partial charge in [0.15, 0.2) is 0 Å². The first-order valence-corrected chi connectivity index (χ1v) is 9.42. The summed E-state index contributed by atoms with van der Waals surface area (Å²) in [5, 5.41) is 0.658. The SMILES string of the molecule is CN(CCCCOc1ccc(Cl)cc1)C(=O)CN1C(=O)c2ccccc2C1=O. The number of unbranched alkanes of at least 4 members (excludes halogenated alkanes) is 1. The van der Waals surface area contributed by atoms with Crippen LogP contribution in [0.25, 0.3) is 0 Å². The Kier molecular flexibility index (Phi) is 6.31. The van der Waals surface area contributed by atoms with Gasteiger partial charge in [0.25, 0.3) is 11.8 Å². The van der Waals surface area contributed by atoms with Crippen molar-refractivity contribution in [2.45, 2.75) is 12.8 Å². The molecule has 0 atom stereocenters. The summed E-state index contributed by atoms with van der Waals surface area (Å²) in [6.07, 6.45) is 1.52. The number of hydrogen-bond donors (Lipinski definition) is 0. The molecule has 0 saturated carbocycles. The predicted octanol–water partition coefficient (Wildman–Crippen LogP) is 3.25. The number of carbonyl (C=O) groups excluding carboxylic acids is 3. The molecule has 3 rings (SSSR count). The van der Waals surface area contributed by atoms with Crippen LogP contribution in [0.2, 0.25) is 5.02 Å². The van der Waals surface area contributed by atoms with Crippen LogP contribution in [0.5, 0.6) is 5.75 Å². The Morgan fingerprint density at radius 1 is 1.00 bits per heavy atom. The van der Waals surface area contributed by atoms with E-state index in [2.05, 4.69) is 0 Å². The largest absolute Gasteiger partial charge is 0.494 e.